The van der Waals surface area contributed by atoms with Crippen LogP contribution in [0.2, 0.25) is 5.02 Å². The van der Waals surface area contributed by atoms with E-state index in [2.05, 4.69) is 20.9 Å². The van der Waals surface area contributed by atoms with Gasteiger partial charge in [-0.3, -0.25) is 4.79 Å². The average molecular weight is 400 g/mol. The van der Waals surface area contributed by atoms with Crippen LogP contribution in [0.25, 0.3) is 0 Å². The highest BCUT2D eigenvalue weighted by Crippen LogP contribution is 2.37. The second-order valence-corrected chi connectivity index (χ2v) is 7.81. The molecule has 0 spiro atoms. The first-order valence-electron chi connectivity index (χ1n) is 8.54. The van der Waals surface area contributed by atoms with Gasteiger partial charge < -0.3 is 10.7 Å². The van der Waals surface area contributed by atoms with Crippen molar-refractivity contribution < 1.29 is 4.79 Å². The Morgan fingerprint density at radius 3 is 2.67 bits per heavy atom. The van der Waals surface area contributed by atoms with E-state index >= 15 is 0 Å². The Kier molecular flexibility index (Phi) is 5.05. The molecule has 2 aromatic carbocycles. The maximum Gasteiger partial charge on any atom is 0.236 e. The van der Waals surface area contributed by atoms with Crippen LogP contribution in [-0.2, 0) is 11.3 Å². The van der Waals surface area contributed by atoms with Gasteiger partial charge in [0.1, 0.15) is 11.1 Å². The minimum atomic E-state index is -0.383. The second-order valence-electron chi connectivity index (χ2n) is 6.27. The van der Waals surface area contributed by atoms with Crippen LogP contribution in [0, 0.1) is 6.92 Å². The largest absolute Gasteiger partial charge is 0.351 e. The van der Waals surface area contributed by atoms with Gasteiger partial charge in [-0.15, -0.1) is 10.2 Å². The van der Waals surface area contributed by atoms with Crippen LogP contribution in [0.1, 0.15) is 23.0 Å². The van der Waals surface area contributed by atoms with Gasteiger partial charge >= 0.3 is 0 Å². The lowest BCUT2D eigenvalue weighted by atomic mass is 10.0. The summed E-state index contributed by atoms with van der Waals surface area (Å²) >= 11 is 7.44. The SMILES string of the molecule is Cc1nnc2n1NC(c1ccc(Cl)cc1)C(C(=O)NCc1ccccc1)S2. The second kappa shape index (κ2) is 7.62. The molecule has 1 aliphatic rings. The van der Waals surface area contributed by atoms with Crippen LogP contribution in [0.4, 0.5) is 0 Å². The summed E-state index contributed by atoms with van der Waals surface area (Å²) < 4.78 is 1.82. The number of halogens is 1. The van der Waals surface area contributed by atoms with E-state index in [1.165, 1.54) is 11.8 Å². The van der Waals surface area contributed by atoms with Crippen LogP contribution >= 0.6 is 23.4 Å². The number of rotatable bonds is 4. The van der Waals surface area contributed by atoms with Crippen LogP contribution in [-0.4, -0.2) is 26.0 Å². The number of carbonyl (C=O) groups excluding carboxylic acids is 1. The maximum atomic E-state index is 13.0. The molecule has 3 aromatic rings. The van der Waals surface area contributed by atoms with Crippen molar-refractivity contribution in [3.8, 4) is 0 Å². The van der Waals surface area contributed by atoms with Crippen LogP contribution in [0.15, 0.2) is 59.8 Å². The molecule has 0 saturated carbocycles. The molecule has 8 heteroatoms. The molecule has 27 heavy (non-hydrogen) atoms. The van der Waals surface area contributed by atoms with Gasteiger partial charge in [0.05, 0.1) is 6.04 Å². The molecule has 2 heterocycles. The Morgan fingerprint density at radius 2 is 1.93 bits per heavy atom. The van der Waals surface area contributed by atoms with Crippen molar-refractivity contribution >= 4 is 29.3 Å². The lowest BCUT2D eigenvalue weighted by molar-refractivity contribution is -0.121. The van der Waals surface area contributed by atoms with E-state index in [1.807, 2.05) is 66.2 Å². The highest BCUT2D eigenvalue weighted by molar-refractivity contribution is 8.00. The highest BCUT2D eigenvalue weighted by Gasteiger charge is 2.37. The molecular formula is C19H18ClN5OS. The molecule has 1 aromatic heterocycles. The standard InChI is InChI=1S/C19H18ClN5OS/c1-12-22-23-19-25(12)24-16(14-7-9-15(20)10-8-14)17(27-19)18(26)21-11-13-5-3-2-4-6-13/h2-10,16-17,24H,11H2,1H3,(H,21,26). The van der Waals surface area contributed by atoms with Gasteiger partial charge in [0.15, 0.2) is 0 Å². The fourth-order valence-corrected chi connectivity index (χ4v) is 4.24. The van der Waals surface area contributed by atoms with E-state index in [-0.39, 0.29) is 17.2 Å². The molecule has 0 bridgehead atoms. The number of nitrogens with zero attached hydrogens (tertiary/aromatic N) is 3. The molecule has 0 radical (unpaired) electrons. The number of aromatic nitrogens is 3. The number of benzene rings is 2. The third-order valence-corrected chi connectivity index (χ3v) is 5.86. The third kappa shape index (κ3) is 3.79. The zero-order valence-corrected chi connectivity index (χ0v) is 16.2. The molecule has 0 aliphatic carbocycles. The number of hydrogen-bond acceptors (Lipinski definition) is 5. The number of amides is 1. The van der Waals surface area contributed by atoms with E-state index in [4.69, 9.17) is 11.6 Å². The van der Waals surface area contributed by atoms with Gasteiger partial charge in [0.25, 0.3) is 0 Å². The third-order valence-electron chi connectivity index (χ3n) is 4.40. The lowest BCUT2D eigenvalue weighted by Gasteiger charge is -2.32. The molecule has 0 saturated heterocycles. The minimum absolute atomic E-state index is 0.0526. The number of hydrogen-bond donors (Lipinski definition) is 2. The zero-order valence-electron chi connectivity index (χ0n) is 14.6. The minimum Gasteiger partial charge on any atom is -0.351 e. The first kappa shape index (κ1) is 17.9. The molecule has 4 rings (SSSR count). The summed E-state index contributed by atoms with van der Waals surface area (Å²) in [7, 11) is 0. The van der Waals surface area contributed by atoms with Crippen molar-refractivity contribution in [2.45, 2.75) is 29.9 Å². The number of thioether (sulfide) groups is 1. The van der Waals surface area contributed by atoms with Gasteiger partial charge in [-0.2, -0.15) is 0 Å². The Labute approximate surface area is 166 Å². The normalized spacial score (nSPS) is 18.4. The number of nitrogens with one attached hydrogen (secondary N) is 2. The summed E-state index contributed by atoms with van der Waals surface area (Å²) in [5, 5.41) is 12.3. The Hall–Kier alpha value is -2.51. The van der Waals surface area contributed by atoms with Crippen LogP contribution in [0.3, 0.4) is 0 Å². The van der Waals surface area contributed by atoms with Crippen molar-refractivity contribution in [1.29, 1.82) is 0 Å². The van der Waals surface area contributed by atoms with Crippen molar-refractivity contribution in [3.05, 3.63) is 76.6 Å². The summed E-state index contributed by atoms with van der Waals surface area (Å²) in [6.45, 7) is 2.36. The smallest absolute Gasteiger partial charge is 0.236 e. The highest BCUT2D eigenvalue weighted by atomic mass is 35.5. The van der Waals surface area contributed by atoms with E-state index in [1.54, 1.807) is 0 Å². The van der Waals surface area contributed by atoms with Crippen LogP contribution < -0.4 is 10.7 Å². The average Bonchev–Trinajstić information content (AvgIpc) is 3.07. The van der Waals surface area contributed by atoms with Crippen molar-refractivity contribution in [2.75, 3.05) is 5.43 Å². The molecule has 1 amide bonds. The van der Waals surface area contributed by atoms with Crippen molar-refractivity contribution in [2.24, 2.45) is 0 Å². The zero-order chi connectivity index (χ0) is 18.8. The number of fused-ring (bicyclic) bond motifs is 1. The summed E-state index contributed by atoms with van der Waals surface area (Å²) in [4.78, 5) is 13.0. The summed E-state index contributed by atoms with van der Waals surface area (Å²) in [5.74, 6) is 0.697. The van der Waals surface area contributed by atoms with Gasteiger partial charge in [-0.25, -0.2) is 4.68 Å². The fourth-order valence-electron chi connectivity index (χ4n) is 2.97. The van der Waals surface area contributed by atoms with E-state index < -0.39 is 0 Å². The van der Waals surface area contributed by atoms with Gasteiger partial charge in [-0.05, 0) is 30.2 Å². The lowest BCUT2D eigenvalue weighted by Crippen LogP contribution is -2.44. The summed E-state index contributed by atoms with van der Waals surface area (Å²) in [6.07, 6.45) is 0. The van der Waals surface area contributed by atoms with Crippen LogP contribution in [0.5, 0.6) is 0 Å². The quantitative estimate of drug-likeness (QED) is 0.704. The van der Waals surface area contributed by atoms with E-state index in [9.17, 15) is 4.79 Å². The number of carbonyl (C=O) groups is 1. The summed E-state index contributed by atoms with van der Waals surface area (Å²) in [6, 6.07) is 17.1. The molecule has 2 unspecified atom stereocenters. The molecular weight excluding hydrogens is 382 g/mol. The Bertz CT molecular complexity index is 944. The van der Waals surface area contributed by atoms with Gasteiger partial charge in [0, 0.05) is 11.6 Å². The maximum absolute atomic E-state index is 13.0. The fraction of sp³-hybridized carbons (Fsp3) is 0.211. The topological polar surface area (TPSA) is 71.8 Å². The predicted molar refractivity (Wildman–Crippen MR) is 106 cm³/mol. The first-order chi connectivity index (χ1) is 13.1. The summed E-state index contributed by atoms with van der Waals surface area (Å²) in [5.41, 5.74) is 5.41. The van der Waals surface area contributed by atoms with E-state index in [0.717, 1.165) is 17.0 Å². The van der Waals surface area contributed by atoms with Gasteiger partial charge in [0.2, 0.25) is 11.1 Å². The van der Waals surface area contributed by atoms with Gasteiger partial charge in [-0.1, -0.05) is 65.8 Å². The molecule has 6 nitrogen and oxygen atoms in total. The molecule has 138 valence electrons. The monoisotopic (exact) mass is 399 g/mol. The molecule has 2 N–H and O–H groups in total. The Balaban J connectivity index is 1.59. The molecule has 2 atom stereocenters. The van der Waals surface area contributed by atoms with E-state index in [0.29, 0.717) is 16.7 Å². The molecule has 0 fully saturated rings. The molecule has 1 aliphatic heterocycles. The van der Waals surface area contributed by atoms with Crippen molar-refractivity contribution in [3.63, 3.8) is 0 Å². The predicted octanol–water partition coefficient (Wildman–Crippen LogP) is 3.32. The first-order valence-corrected chi connectivity index (χ1v) is 9.80. The Morgan fingerprint density at radius 1 is 1.19 bits per heavy atom. The number of aryl methyl sites for hydroxylation is 1. The van der Waals surface area contributed by atoms with Crippen molar-refractivity contribution in [1.82, 2.24) is 20.2 Å².